The van der Waals surface area contributed by atoms with Crippen LogP contribution >= 0.6 is 11.3 Å². The van der Waals surface area contributed by atoms with Crippen molar-refractivity contribution < 1.29 is 9.59 Å². The number of nitrogens with zero attached hydrogens (tertiary/aromatic N) is 2. The van der Waals surface area contributed by atoms with Gasteiger partial charge in [0.15, 0.2) is 10.9 Å². The van der Waals surface area contributed by atoms with Crippen molar-refractivity contribution in [2.45, 2.75) is 20.3 Å². The quantitative estimate of drug-likeness (QED) is 0.798. The Kier molecular flexibility index (Phi) is 3.42. The summed E-state index contributed by atoms with van der Waals surface area (Å²) in [6, 6.07) is 0. The average Bonchev–Trinajstić information content (AvgIpc) is 2.51. The van der Waals surface area contributed by atoms with E-state index in [1.165, 1.54) is 11.3 Å². The lowest BCUT2D eigenvalue weighted by Gasteiger charge is -2.16. The summed E-state index contributed by atoms with van der Waals surface area (Å²) in [5.41, 5.74) is 0.752. The predicted molar refractivity (Wildman–Crippen MR) is 66.7 cm³/mol. The summed E-state index contributed by atoms with van der Waals surface area (Å²) >= 11 is 1.37. The van der Waals surface area contributed by atoms with Gasteiger partial charge in [-0.3, -0.25) is 9.59 Å². The van der Waals surface area contributed by atoms with E-state index in [1.54, 1.807) is 6.92 Å². The van der Waals surface area contributed by atoms with E-state index in [9.17, 15) is 9.59 Å². The van der Waals surface area contributed by atoms with Crippen molar-refractivity contribution in [3.05, 3.63) is 10.6 Å². The van der Waals surface area contributed by atoms with Gasteiger partial charge in [0.05, 0.1) is 17.1 Å². The summed E-state index contributed by atoms with van der Waals surface area (Å²) in [6.07, 6.45) is 0.903. The smallest absolute Gasteiger partial charge is 0.239 e. The van der Waals surface area contributed by atoms with E-state index in [0.717, 1.165) is 23.8 Å². The molecule has 0 spiro atoms. The standard InChI is InChI=1S/C11H15N3O2S/c1-7-10(8(2)15)17-11(13-7)14-5-3-4-12-9(16)6-14/h3-6H2,1-2H3,(H,12,16). The third kappa shape index (κ3) is 2.63. The van der Waals surface area contributed by atoms with Crippen LogP contribution in [0.2, 0.25) is 0 Å². The number of ketones is 1. The molecule has 92 valence electrons. The lowest BCUT2D eigenvalue weighted by Crippen LogP contribution is -2.32. The second-order valence-electron chi connectivity index (χ2n) is 4.09. The second kappa shape index (κ2) is 4.83. The summed E-state index contributed by atoms with van der Waals surface area (Å²) in [4.78, 5) is 29.8. The summed E-state index contributed by atoms with van der Waals surface area (Å²) in [6.45, 7) is 5.20. The van der Waals surface area contributed by atoms with Crippen molar-refractivity contribution in [1.29, 1.82) is 0 Å². The number of nitrogens with one attached hydrogen (secondary N) is 1. The van der Waals surface area contributed by atoms with E-state index in [0.29, 0.717) is 18.0 Å². The molecule has 0 aromatic carbocycles. The van der Waals surface area contributed by atoms with E-state index < -0.39 is 0 Å². The van der Waals surface area contributed by atoms with Crippen LogP contribution in [-0.2, 0) is 4.79 Å². The Morgan fingerprint density at radius 3 is 2.94 bits per heavy atom. The zero-order chi connectivity index (χ0) is 12.4. The van der Waals surface area contributed by atoms with Crippen LogP contribution in [0.5, 0.6) is 0 Å². The fourth-order valence-corrected chi connectivity index (χ4v) is 2.80. The highest BCUT2D eigenvalue weighted by Crippen LogP contribution is 2.26. The van der Waals surface area contributed by atoms with Gasteiger partial charge in [0.25, 0.3) is 0 Å². The second-order valence-corrected chi connectivity index (χ2v) is 5.07. The van der Waals surface area contributed by atoms with Crippen LogP contribution in [0.4, 0.5) is 5.13 Å². The van der Waals surface area contributed by atoms with Gasteiger partial charge in [-0.1, -0.05) is 11.3 Å². The Balaban J connectivity index is 2.23. The van der Waals surface area contributed by atoms with E-state index in [2.05, 4.69) is 10.3 Å². The van der Waals surface area contributed by atoms with Gasteiger partial charge < -0.3 is 10.2 Å². The number of anilines is 1. The van der Waals surface area contributed by atoms with Crippen LogP contribution in [0, 0.1) is 6.92 Å². The predicted octanol–water partition coefficient (Wildman–Crippen LogP) is 0.980. The van der Waals surface area contributed by atoms with Crippen molar-refractivity contribution in [1.82, 2.24) is 10.3 Å². The van der Waals surface area contributed by atoms with Crippen LogP contribution < -0.4 is 10.2 Å². The molecule has 0 bridgehead atoms. The maximum atomic E-state index is 11.4. The van der Waals surface area contributed by atoms with E-state index in [1.807, 2.05) is 11.8 Å². The molecule has 0 unspecified atom stereocenters. The molecule has 1 saturated heterocycles. The molecule has 6 heteroatoms. The number of thiazole rings is 1. The van der Waals surface area contributed by atoms with Crippen LogP contribution in [0.1, 0.15) is 28.7 Å². The number of aromatic nitrogens is 1. The fourth-order valence-electron chi connectivity index (χ4n) is 1.81. The molecule has 1 N–H and O–H groups in total. The van der Waals surface area contributed by atoms with E-state index >= 15 is 0 Å². The van der Waals surface area contributed by atoms with Gasteiger partial charge in [-0.25, -0.2) is 4.98 Å². The number of carbonyl (C=O) groups is 2. The van der Waals surface area contributed by atoms with Gasteiger partial charge >= 0.3 is 0 Å². The van der Waals surface area contributed by atoms with Gasteiger partial charge in [-0.2, -0.15) is 0 Å². The Hall–Kier alpha value is -1.43. The number of aryl methyl sites for hydroxylation is 1. The first-order valence-electron chi connectivity index (χ1n) is 5.58. The highest BCUT2D eigenvalue weighted by atomic mass is 32.1. The van der Waals surface area contributed by atoms with Gasteiger partial charge in [-0.15, -0.1) is 0 Å². The minimum Gasteiger partial charge on any atom is -0.354 e. The number of rotatable bonds is 2. The summed E-state index contributed by atoms with van der Waals surface area (Å²) in [5, 5.41) is 3.59. The Bertz CT molecular complexity index is 456. The van der Waals surface area contributed by atoms with Gasteiger partial charge in [0, 0.05) is 20.0 Å². The highest BCUT2D eigenvalue weighted by Gasteiger charge is 2.20. The van der Waals surface area contributed by atoms with Crippen LogP contribution in [0.15, 0.2) is 0 Å². The maximum Gasteiger partial charge on any atom is 0.239 e. The van der Waals surface area contributed by atoms with E-state index in [-0.39, 0.29) is 11.7 Å². The molecule has 17 heavy (non-hydrogen) atoms. The maximum absolute atomic E-state index is 11.4. The number of hydrogen-bond donors (Lipinski definition) is 1. The minimum atomic E-state index is 0.0136. The van der Waals surface area contributed by atoms with Crippen molar-refractivity contribution in [3.63, 3.8) is 0 Å². The topological polar surface area (TPSA) is 62.3 Å². The van der Waals surface area contributed by atoms with Crippen LogP contribution in [-0.4, -0.2) is 36.3 Å². The molecule has 0 radical (unpaired) electrons. The zero-order valence-electron chi connectivity index (χ0n) is 9.95. The lowest BCUT2D eigenvalue weighted by atomic mass is 10.3. The third-order valence-corrected chi connectivity index (χ3v) is 3.96. The fraction of sp³-hybridized carbons (Fsp3) is 0.545. The Morgan fingerprint density at radius 1 is 1.53 bits per heavy atom. The minimum absolute atomic E-state index is 0.0136. The molecule has 2 heterocycles. The molecule has 1 aliphatic rings. The molecule has 0 saturated carbocycles. The average molecular weight is 253 g/mol. The van der Waals surface area contributed by atoms with Crippen molar-refractivity contribution in [2.24, 2.45) is 0 Å². The SMILES string of the molecule is CC(=O)c1sc(N2CCCNC(=O)C2)nc1C. The van der Waals surface area contributed by atoms with Crippen LogP contribution in [0.3, 0.4) is 0 Å². The summed E-state index contributed by atoms with van der Waals surface area (Å²) in [7, 11) is 0. The molecule has 0 aliphatic carbocycles. The lowest BCUT2D eigenvalue weighted by molar-refractivity contribution is -0.119. The number of amides is 1. The molecule has 1 aromatic heterocycles. The zero-order valence-corrected chi connectivity index (χ0v) is 10.8. The first-order valence-corrected chi connectivity index (χ1v) is 6.39. The van der Waals surface area contributed by atoms with Gasteiger partial charge in [0.2, 0.25) is 5.91 Å². The molecule has 2 rings (SSSR count). The molecule has 1 amide bonds. The van der Waals surface area contributed by atoms with Crippen LogP contribution in [0.25, 0.3) is 0 Å². The summed E-state index contributed by atoms with van der Waals surface area (Å²) in [5.74, 6) is 0.0465. The molecule has 1 aromatic rings. The van der Waals surface area contributed by atoms with Crippen molar-refractivity contribution in [2.75, 3.05) is 24.5 Å². The Morgan fingerprint density at radius 2 is 2.29 bits per heavy atom. The Labute approximate surface area is 104 Å². The largest absolute Gasteiger partial charge is 0.354 e. The van der Waals surface area contributed by atoms with Gasteiger partial charge in [0.1, 0.15) is 0 Å². The monoisotopic (exact) mass is 253 g/mol. The van der Waals surface area contributed by atoms with Crippen molar-refractivity contribution in [3.8, 4) is 0 Å². The molecule has 1 aliphatic heterocycles. The molecular formula is C11H15N3O2S. The molecule has 1 fully saturated rings. The molecular weight excluding hydrogens is 238 g/mol. The molecule has 5 nitrogen and oxygen atoms in total. The van der Waals surface area contributed by atoms with Crippen molar-refractivity contribution >= 4 is 28.2 Å². The van der Waals surface area contributed by atoms with E-state index in [4.69, 9.17) is 0 Å². The highest BCUT2D eigenvalue weighted by molar-refractivity contribution is 7.17. The first-order chi connectivity index (χ1) is 8.08. The number of carbonyl (C=O) groups excluding carboxylic acids is 2. The third-order valence-electron chi connectivity index (χ3n) is 2.64. The number of Topliss-reactive ketones (excluding diaryl/α,β-unsaturated/α-hetero) is 1. The number of hydrogen-bond acceptors (Lipinski definition) is 5. The normalized spacial score (nSPS) is 16.6. The first kappa shape index (κ1) is 12.0. The molecule has 0 atom stereocenters. The van der Waals surface area contributed by atoms with Gasteiger partial charge in [-0.05, 0) is 13.3 Å². The summed E-state index contributed by atoms with van der Waals surface area (Å²) < 4.78 is 0.